The highest BCUT2D eigenvalue weighted by Gasteiger charge is 2.31. The first-order valence-electron chi connectivity index (χ1n) is 4.85. The number of aliphatic hydroxyl groups excluding tert-OH is 1. The summed E-state index contributed by atoms with van der Waals surface area (Å²) in [5.74, 6) is -0.194. The molecule has 80 valence electrons. The van der Waals surface area contributed by atoms with Crippen LogP contribution >= 0.6 is 15.9 Å². The molecule has 1 amide bonds. The molecule has 0 spiro atoms. The van der Waals surface area contributed by atoms with E-state index in [9.17, 15) is 9.90 Å². The maximum atomic E-state index is 11.6. The number of carbonyl (C=O) groups excluding carboxylic acids is 1. The quantitative estimate of drug-likeness (QED) is 0.846. The highest BCUT2D eigenvalue weighted by molar-refractivity contribution is 9.10. The predicted molar refractivity (Wildman–Crippen MR) is 61.9 cm³/mol. The molecule has 1 fully saturated rings. The van der Waals surface area contributed by atoms with Crippen LogP contribution in [0.3, 0.4) is 0 Å². The van der Waals surface area contributed by atoms with E-state index in [1.165, 1.54) is 0 Å². The van der Waals surface area contributed by atoms with Crippen LogP contribution in [0.5, 0.6) is 0 Å². The summed E-state index contributed by atoms with van der Waals surface area (Å²) < 4.78 is 0.996. The third kappa shape index (κ3) is 1.92. The SMILES string of the molecule is Cc1cc(Br)ccc1N1CCC(O)C1=O. The van der Waals surface area contributed by atoms with Gasteiger partial charge in [0.2, 0.25) is 0 Å². The van der Waals surface area contributed by atoms with E-state index in [0.29, 0.717) is 13.0 Å². The Labute approximate surface area is 96.8 Å². The number of amides is 1. The number of anilines is 1. The summed E-state index contributed by atoms with van der Waals surface area (Å²) in [6.45, 7) is 2.56. The number of aryl methyl sites for hydroxylation is 1. The van der Waals surface area contributed by atoms with Gasteiger partial charge in [0.15, 0.2) is 0 Å². The standard InChI is InChI=1S/C11H12BrNO2/c1-7-6-8(12)2-3-9(7)13-5-4-10(14)11(13)15/h2-3,6,10,14H,4-5H2,1H3. The maximum absolute atomic E-state index is 11.6. The minimum Gasteiger partial charge on any atom is -0.383 e. The largest absolute Gasteiger partial charge is 0.383 e. The molecule has 1 aromatic rings. The highest BCUT2D eigenvalue weighted by Crippen LogP contribution is 2.27. The van der Waals surface area contributed by atoms with Crippen molar-refractivity contribution in [3.8, 4) is 0 Å². The molecular formula is C11H12BrNO2. The average molecular weight is 270 g/mol. The zero-order valence-corrected chi connectivity index (χ0v) is 9.99. The van der Waals surface area contributed by atoms with Crippen molar-refractivity contribution < 1.29 is 9.90 Å². The van der Waals surface area contributed by atoms with E-state index >= 15 is 0 Å². The summed E-state index contributed by atoms with van der Waals surface area (Å²) in [5.41, 5.74) is 1.92. The topological polar surface area (TPSA) is 40.5 Å². The second kappa shape index (κ2) is 3.94. The smallest absolute Gasteiger partial charge is 0.255 e. The first kappa shape index (κ1) is 10.6. The Morgan fingerprint density at radius 1 is 1.53 bits per heavy atom. The Morgan fingerprint density at radius 2 is 2.27 bits per heavy atom. The number of benzene rings is 1. The van der Waals surface area contributed by atoms with Gasteiger partial charge in [-0.3, -0.25) is 4.79 Å². The van der Waals surface area contributed by atoms with Crippen LogP contribution in [0.15, 0.2) is 22.7 Å². The molecule has 0 radical (unpaired) electrons. The maximum Gasteiger partial charge on any atom is 0.255 e. The summed E-state index contributed by atoms with van der Waals surface area (Å²) in [6, 6.07) is 5.77. The summed E-state index contributed by atoms with van der Waals surface area (Å²) >= 11 is 3.38. The normalized spacial score (nSPS) is 21.1. The highest BCUT2D eigenvalue weighted by atomic mass is 79.9. The second-order valence-electron chi connectivity index (χ2n) is 3.73. The predicted octanol–water partition coefficient (Wildman–Crippen LogP) is 1.86. The summed E-state index contributed by atoms with van der Waals surface area (Å²) in [7, 11) is 0. The number of nitrogens with zero attached hydrogens (tertiary/aromatic N) is 1. The van der Waals surface area contributed by atoms with Gasteiger partial charge in [-0.15, -0.1) is 0 Å². The number of halogens is 1. The van der Waals surface area contributed by atoms with Gasteiger partial charge < -0.3 is 10.0 Å². The molecule has 0 saturated carbocycles. The molecule has 2 rings (SSSR count). The Kier molecular flexibility index (Phi) is 2.80. The van der Waals surface area contributed by atoms with Gasteiger partial charge in [-0.2, -0.15) is 0 Å². The van der Waals surface area contributed by atoms with Gasteiger partial charge >= 0.3 is 0 Å². The Balaban J connectivity index is 2.34. The van der Waals surface area contributed by atoms with E-state index in [1.807, 2.05) is 25.1 Å². The summed E-state index contributed by atoms with van der Waals surface area (Å²) in [6.07, 6.45) is -0.304. The first-order valence-corrected chi connectivity index (χ1v) is 5.64. The fourth-order valence-corrected chi connectivity index (χ4v) is 2.30. The lowest BCUT2D eigenvalue weighted by Crippen LogP contribution is -2.29. The molecule has 0 bridgehead atoms. The number of hydrogen-bond donors (Lipinski definition) is 1. The lowest BCUT2D eigenvalue weighted by Gasteiger charge is -2.18. The molecule has 15 heavy (non-hydrogen) atoms. The van der Waals surface area contributed by atoms with E-state index < -0.39 is 6.10 Å². The van der Waals surface area contributed by atoms with E-state index in [4.69, 9.17) is 0 Å². The van der Waals surface area contributed by atoms with Gasteiger partial charge in [0, 0.05) is 23.1 Å². The van der Waals surface area contributed by atoms with Crippen LogP contribution in [0.2, 0.25) is 0 Å². The number of carbonyl (C=O) groups is 1. The molecule has 1 aromatic carbocycles. The third-order valence-corrected chi connectivity index (χ3v) is 3.12. The first-order chi connectivity index (χ1) is 7.09. The van der Waals surface area contributed by atoms with Gasteiger partial charge in [0.1, 0.15) is 6.10 Å². The van der Waals surface area contributed by atoms with Crippen molar-refractivity contribution in [1.29, 1.82) is 0 Å². The van der Waals surface area contributed by atoms with Crippen molar-refractivity contribution in [1.82, 2.24) is 0 Å². The van der Waals surface area contributed by atoms with Crippen molar-refractivity contribution in [2.24, 2.45) is 0 Å². The van der Waals surface area contributed by atoms with Crippen molar-refractivity contribution >= 4 is 27.5 Å². The fourth-order valence-electron chi connectivity index (χ4n) is 1.83. The monoisotopic (exact) mass is 269 g/mol. The minimum absolute atomic E-state index is 0.194. The molecule has 1 aliphatic rings. The number of hydrogen-bond acceptors (Lipinski definition) is 2. The molecule has 1 aliphatic heterocycles. The Hall–Kier alpha value is -0.870. The van der Waals surface area contributed by atoms with Gasteiger partial charge in [0.05, 0.1) is 0 Å². The van der Waals surface area contributed by atoms with Crippen molar-refractivity contribution in [3.63, 3.8) is 0 Å². The number of rotatable bonds is 1. The van der Waals surface area contributed by atoms with Gasteiger partial charge in [-0.05, 0) is 30.7 Å². The molecule has 4 heteroatoms. The van der Waals surface area contributed by atoms with Crippen LogP contribution in [0.25, 0.3) is 0 Å². The van der Waals surface area contributed by atoms with Crippen LogP contribution in [0.4, 0.5) is 5.69 Å². The minimum atomic E-state index is -0.826. The Morgan fingerprint density at radius 3 is 2.80 bits per heavy atom. The second-order valence-corrected chi connectivity index (χ2v) is 4.64. The molecule has 3 nitrogen and oxygen atoms in total. The molecule has 1 atom stereocenters. The van der Waals surface area contributed by atoms with E-state index in [0.717, 1.165) is 15.7 Å². The van der Waals surface area contributed by atoms with Crippen molar-refractivity contribution in [3.05, 3.63) is 28.2 Å². The molecular weight excluding hydrogens is 258 g/mol. The van der Waals surface area contributed by atoms with Crippen LogP contribution < -0.4 is 4.90 Å². The van der Waals surface area contributed by atoms with E-state index in [2.05, 4.69) is 15.9 Å². The average Bonchev–Trinajstić information content (AvgIpc) is 2.49. The van der Waals surface area contributed by atoms with Crippen LogP contribution in [0, 0.1) is 6.92 Å². The number of aliphatic hydroxyl groups is 1. The molecule has 0 aromatic heterocycles. The molecule has 1 heterocycles. The Bertz CT molecular complexity index is 406. The molecule has 1 saturated heterocycles. The lowest BCUT2D eigenvalue weighted by molar-refractivity contribution is -0.124. The van der Waals surface area contributed by atoms with Gasteiger partial charge in [-0.25, -0.2) is 0 Å². The summed E-state index contributed by atoms with van der Waals surface area (Å²) in [4.78, 5) is 13.3. The molecule has 1 N–H and O–H groups in total. The van der Waals surface area contributed by atoms with Crippen molar-refractivity contribution in [2.45, 2.75) is 19.4 Å². The van der Waals surface area contributed by atoms with Crippen LogP contribution in [-0.2, 0) is 4.79 Å². The van der Waals surface area contributed by atoms with Gasteiger partial charge in [-0.1, -0.05) is 15.9 Å². The van der Waals surface area contributed by atoms with Crippen LogP contribution in [-0.4, -0.2) is 23.7 Å². The van der Waals surface area contributed by atoms with E-state index in [-0.39, 0.29) is 5.91 Å². The fraction of sp³-hybridized carbons (Fsp3) is 0.364. The lowest BCUT2D eigenvalue weighted by atomic mass is 10.2. The van der Waals surface area contributed by atoms with Crippen LogP contribution in [0.1, 0.15) is 12.0 Å². The van der Waals surface area contributed by atoms with Crippen molar-refractivity contribution in [2.75, 3.05) is 11.4 Å². The van der Waals surface area contributed by atoms with E-state index in [1.54, 1.807) is 4.90 Å². The van der Waals surface area contributed by atoms with Gasteiger partial charge in [0.25, 0.3) is 5.91 Å². The molecule has 1 unspecified atom stereocenters. The zero-order chi connectivity index (χ0) is 11.0. The summed E-state index contributed by atoms with van der Waals surface area (Å²) in [5, 5.41) is 9.37. The molecule has 0 aliphatic carbocycles. The third-order valence-electron chi connectivity index (χ3n) is 2.63. The zero-order valence-electron chi connectivity index (χ0n) is 8.40.